The minimum Gasteiger partial charge on any atom is -0.494 e. The van der Waals surface area contributed by atoms with Gasteiger partial charge in [-0.05, 0) is 64.7 Å². The van der Waals surface area contributed by atoms with E-state index in [9.17, 15) is 4.79 Å². The topological polar surface area (TPSA) is 93.2 Å². The number of rotatable bonds is 9. The van der Waals surface area contributed by atoms with Crippen molar-refractivity contribution in [2.75, 3.05) is 46.5 Å². The Balaban J connectivity index is 0.00000544. The SMILES string of the molecule is CCOc1ccc(C2(CNC(=NC)NCCCNC(=O)OC(C)(C)C)CCOCC2)cc1.I. The molecule has 33 heavy (non-hydrogen) atoms. The van der Waals surface area contributed by atoms with Gasteiger partial charge in [-0.3, -0.25) is 4.99 Å². The maximum atomic E-state index is 11.7. The van der Waals surface area contributed by atoms with Gasteiger partial charge in [0.1, 0.15) is 11.4 Å². The minimum absolute atomic E-state index is 0. The summed E-state index contributed by atoms with van der Waals surface area (Å²) in [5, 5.41) is 9.58. The smallest absolute Gasteiger partial charge is 0.407 e. The lowest BCUT2D eigenvalue weighted by Gasteiger charge is -2.38. The Morgan fingerprint density at radius 2 is 1.73 bits per heavy atom. The standard InChI is InChI=1S/C24H40N4O4.HI/c1-6-31-20-10-8-19(9-11-20)24(12-16-30-17-13-24)18-28-21(25-5)26-14-7-15-27-22(29)32-23(2,3)4;/h8-11H,6-7,12-18H2,1-5H3,(H,27,29)(H2,25,26,28);1H. The number of nitrogens with one attached hydrogen (secondary N) is 3. The number of alkyl carbamates (subject to hydrolysis) is 1. The van der Waals surface area contributed by atoms with Crippen molar-refractivity contribution in [3.05, 3.63) is 29.8 Å². The number of amides is 1. The molecule has 0 unspecified atom stereocenters. The van der Waals surface area contributed by atoms with Gasteiger partial charge >= 0.3 is 6.09 Å². The van der Waals surface area contributed by atoms with Crippen molar-refractivity contribution in [2.45, 2.75) is 58.0 Å². The summed E-state index contributed by atoms with van der Waals surface area (Å²) in [7, 11) is 1.77. The molecule has 0 atom stereocenters. The number of hydrogen-bond acceptors (Lipinski definition) is 5. The van der Waals surface area contributed by atoms with E-state index in [0.29, 0.717) is 19.7 Å². The van der Waals surface area contributed by atoms with Crippen LogP contribution in [0.4, 0.5) is 4.79 Å². The minimum atomic E-state index is -0.488. The third-order valence-electron chi connectivity index (χ3n) is 5.36. The molecule has 0 saturated carbocycles. The number of carbonyl (C=O) groups excluding carboxylic acids is 1. The van der Waals surface area contributed by atoms with Crippen molar-refractivity contribution in [1.29, 1.82) is 0 Å². The largest absolute Gasteiger partial charge is 0.494 e. The van der Waals surface area contributed by atoms with Gasteiger partial charge in [0.05, 0.1) is 6.61 Å². The molecular formula is C24H41IN4O4. The first kappa shape index (κ1) is 29.3. The molecule has 188 valence electrons. The Hall–Kier alpha value is -1.75. The fourth-order valence-electron chi connectivity index (χ4n) is 3.67. The van der Waals surface area contributed by atoms with Crippen molar-refractivity contribution in [3.63, 3.8) is 0 Å². The Morgan fingerprint density at radius 1 is 1.09 bits per heavy atom. The van der Waals surface area contributed by atoms with Gasteiger partial charge in [0.25, 0.3) is 0 Å². The zero-order valence-corrected chi connectivity index (χ0v) is 23.0. The number of ether oxygens (including phenoxy) is 3. The predicted octanol–water partition coefficient (Wildman–Crippen LogP) is 3.83. The van der Waals surface area contributed by atoms with E-state index >= 15 is 0 Å². The van der Waals surface area contributed by atoms with Crippen molar-refractivity contribution in [2.24, 2.45) is 4.99 Å². The van der Waals surface area contributed by atoms with Gasteiger partial charge in [-0.2, -0.15) is 0 Å². The van der Waals surface area contributed by atoms with Crippen LogP contribution in [0, 0.1) is 0 Å². The van der Waals surface area contributed by atoms with Crippen LogP contribution in [0.15, 0.2) is 29.3 Å². The van der Waals surface area contributed by atoms with Crippen molar-refractivity contribution >= 4 is 36.0 Å². The van der Waals surface area contributed by atoms with Gasteiger partial charge in [-0.25, -0.2) is 4.79 Å². The van der Waals surface area contributed by atoms with Crippen LogP contribution in [-0.4, -0.2) is 64.2 Å². The average molecular weight is 577 g/mol. The Bertz CT molecular complexity index is 729. The van der Waals surface area contributed by atoms with Crippen LogP contribution in [0.1, 0.15) is 52.5 Å². The van der Waals surface area contributed by atoms with E-state index in [4.69, 9.17) is 14.2 Å². The molecule has 0 aliphatic carbocycles. The van der Waals surface area contributed by atoms with Crippen LogP contribution in [0.2, 0.25) is 0 Å². The molecule has 2 rings (SSSR count). The number of aliphatic imine (C=N–C) groups is 1. The maximum Gasteiger partial charge on any atom is 0.407 e. The summed E-state index contributed by atoms with van der Waals surface area (Å²) >= 11 is 0. The molecule has 1 aliphatic heterocycles. The molecule has 9 heteroatoms. The monoisotopic (exact) mass is 576 g/mol. The first-order chi connectivity index (χ1) is 15.3. The number of benzene rings is 1. The van der Waals surface area contributed by atoms with Crippen LogP contribution < -0.4 is 20.7 Å². The zero-order chi connectivity index (χ0) is 23.5. The summed E-state index contributed by atoms with van der Waals surface area (Å²) in [6.07, 6.45) is 2.27. The molecule has 1 aromatic carbocycles. The van der Waals surface area contributed by atoms with Crippen LogP contribution in [0.3, 0.4) is 0 Å². The van der Waals surface area contributed by atoms with E-state index in [1.54, 1.807) is 7.05 Å². The molecule has 0 aromatic heterocycles. The molecule has 1 saturated heterocycles. The molecule has 1 aromatic rings. The van der Waals surface area contributed by atoms with E-state index in [0.717, 1.165) is 50.7 Å². The summed E-state index contributed by atoms with van der Waals surface area (Å²) in [4.78, 5) is 16.1. The van der Waals surface area contributed by atoms with Crippen LogP contribution in [-0.2, 0) is 14.9 Å². The first-order valence-electron chi connectivity index (χ1n) is 11.5. The number of carbonyl (C=O) groups is 1. The summed E-state index contributed by atoms with van der Waals surface area (Å²) in [6, 6.07) is 8.41. The third-order valence-corrected chi connectivity index (χ3v) is 5.36. The summed E-state index contributed by atoms with van der Waals surface area (Å²) in [5.74, 6) is 1.64. The van der Waals surface area contributed by atoms with Gasteiger partial charge in [0.15, 0.2) is 5.96 Å². The van der Waals surface area contributed by atoms with Crippen LogP contribution in [0.25, 0.3) is 0 Å². The molecule has 1 heterocycles. The molecule has 0 bridgehead atoms. The molecule has 1 amide bonds. The Kier molecular flexibility index (Phi) is 12.9. The molecule has 1 fully saturated rings. The second-order valence-electron chi connectivity index (χ2n) is 8.98. The number of guanidine groups is 1. The lowest BCUT2D eigenvalue weighted by molar-refractivity contribution is 0.0512. The van der Waals surface area contributed by atoms with Gasteiger partial charge < -0.3 is 30.2 Å². The lowest BCUT2D eigenvalue weighted by atomic mass is 9.74. The highest BCUT2D eigenvalue weighted by atomic mass is 127. The molecule has 8 nitrogen and oxygen atoms in total. The summed E-state index contributed by atoms with van der Waals surface area (Å²) in [5.41, 5.74) is 0.783. The second-order valence-corrected chi connectivity index (χ2v) is 8.98. The highest BCUT2D eigenvalue weighted by molar-refractivity contribution is 14.0. The fraction of sp³-hybridized carbons (Fsp3) is 0.667. The van der Waals surface area contributed by atoms with E-state index in [1.807, 2.05) is 39.8 Å². The number of hydrogen-bond donors (Lipinski definition) is 3. The summed E-state index contributed by atoms with van der Waals surface area (Å²) in [6.45, 7) is 11.7. The normalized spacial score (nSPS) is 15.7. The average Bonchev–Trinajstić information content (AvgIpc) is 2.76. The van der Waals surface area contributed by atoms with E-state index in [2.05, 4.69) is 33.1 Å². The van der Waals surface area contributed by atoms with E-state index in [1.165, 1.54) is 5.56 Å². The molecule has 0 spiro atoms. The van der Waals surface area contributed by atoms with Crippen molar-refractivity contribution in [3.8, 4) is 5.75 Å². The zero-order valence-electron chi connectivity index (χ0n) is 20.7. The molecule has 1 aliphatic rings. The van der Waals surface area contributed by atoms with Crippen LogP contribution >= 0.6 is 24.0 Å². The fourth-order valence-corrected chi connectivity index (χ4v) is 3.67. The van der Waals surface area contributed by atoms with E-state index in [-0.39, 0.29) is 29.4 Å². The van der Waals surface area contributed by atoms with Gasteiger partial charge in [-0.15, -0.1) is 24.0 Å². The first-order valence-corrected chi connectivity index (χ1v) is 11.5. The molecule has 0 radical (unpaired) electrons. The third kappa shape index (κ3) is 10.4. The van der Waals surface area contributed by atoms with Gasteiger partial charge in [0, 0.05) is 45.3 Å². The molecule has 3 N–H and O–H groups in total. The van der Waals surface area contributed by atoms with Gasteiger partial charge in [0.2, 0.25) is 0 Å². The number of halogens is 1. The number of nitrogens with zero attached hydrogens (tertiary/aromatic N) is 1. The maximum absolute atomic E-state index is 11.7. The van der Waals surface area contributed by atoms with Gasteiger partial charge in [-0.1, -0.05) is 12.1 Å². The quantitative estimate of drug-likeness (QED) is 0.179. The van der Waals surface area contributed by atoms with Crippen LogP contribution in [0.5, 0.6) is 5.75 Å². The summed E-state index contributed by atoms with van der Waals surface area (Å²) < 4.78 is 16.5. The molecular weight excluding hydrogens is 535 g/mol. The van der Waals surface area contributed by atoms with Crippen molar-refractivity contribution in [1.82, 2.24) is 16.0 Å². The second kappa shape index (κ2) is 14.5. The van der Waals surface area contributed by atoms with Crippen molar-refractivity contribution < 1.29 is 19.0 Å². The predicted molar refractivity (Wildman–Crippen MR) is 143 cm³/mol. The Morgan fingerprint density at radius 3 is 2.30 bits per heavy atom. The Labute approximate surface area is 215 Å². The van der Waals surface area contributed by atoms with E-state index < -0.39 is 11.7 Å². The highest BCUT2D eigenvalue weighted by Crippen LogP contribution is 2.35. The lowest BCUT2D eigenvalue weighted by Crippen LogP contribution is -2.48. The highest BCUT2D eigenvalue weighted by Gasteiger charge is 2.34.